The summed E-state index contributed by atoms with van der Waals surface area (Å²) >= 11 is 0. The summed E-state index contributed by atoms with van der Waals surface area (Å²) in [6.45, 7) is 4.93. The van der Waals surface area contributed by atoms with E-state index in [-0.39, 0.29) is 6.10 Å². The van der Waals surface area contributed by atoms with E-state index in [0.29, 0.717) is 5.95 Å². The zero-order chi connectivity index (χ0) is 18.2. The molecule has 0 fully saturated rings. The minimum absolute atomic E-state index is 0.112. The van der Waals surface area contributed by atoms with Crippen molar-refractivity contribution in [2.24, 2.45) is 0 Å². The lowest BCUT2D eigenvalue weighted by Gasteiger charge is -2.15. The molecule has 1 aromatic carbocycles. The van der Waals surface area contributed by atoms with E-state index in [2.05, 4.69) is 26.7 Å². The second kappa shape index (κ2) is 9.22. The Morgan fingerprint density at radius 2 is 2.04 bits per heavy atom. The Hall–Kier alpha value is -2.56. The molecule has 5 heteroatoms. The molecular weight excluding hydrogens is 324 g/mol. The van der Waals surface area contributed by atoms with Crippen LogP contribution in [0.25, 0.3) is 0 Å². The maximum atomic E-state index is 5.84. The van der Waals surface area contributed by atoms with E-state index in [1.165, 1.54) is 25.7 Å². The van der Waals surface area contributed by atoms with Crippen molar-refractivity contribution in [3.63, 3.8) is 0 Å². The van der Waals surface area contributed by atoms with Crippen LogP contribution in [0.5, 0.6) is 5.75 Å². The number of anilines is 3. The first kappa shape index (κ1) is 18.2. The van der Waals surface area contributed by atoms with Crippen LogP contribution in [0.2, 0.25) is 0 Å². The van der Waals surface area contributed by atoms with Crippen LogP contribution in [0, 0.1) is 0 Å². The molecule has 1 aromatic heterocycles. The van der Waals surface area contributed by atoms with Gasteiger partial charge in [0, 0.05) is 12.7 Å². The van der Waals surface area contributed by atoms with Crippen molar-refractivity contribution in [1.82, 2.24) is 9.97 Å². The molecule has 0 aliphatic heterocycles. The summed E-state index contributed by atoms with van der Waals surface area (Å²) in [5.41, 5.74) is 2.43. The lowest BCUT2D eigenvalue weighted by molar-refractivity contribution is 0.244. The Bertz CT molecular complexity index is 742. The summed E-state index contributed by atoms with van der Waals surface area (Å²) in [6, 6.07) is 9.74. The number of para-hydroxylation sites is 2. The molecule has 138 valence electrons. The molecule has 0 atom stereocenters. The molecule has 1 aliphatic rings. The van der Waals surface area contributed by atoms with E-state index in [9.17, 15) is 0 Å². The fraction of sp³-hybridized carbons (Fsp3) is 0.429. The van der Waals surface area contributed by atoms with Crippen molar-refractivity contribution in [2.75, 3.05) is 17.2 Å². The van der Waals surface area contributed by atoms with Crippen LogP contribution in [0.1, 0.15) is 46.0 Å². The fourth-order valence-corrected chi connectivity index (χ4v) is 3.05. The zero-order valence-electron chi connectivity index (χ0n) is 15.7. The fourth-order valence-electron chi connectivity index (χ4n) is 3.05. The van der Waals surface area contributed by atoms with Gasteiger partial charge in [0.25, 0.3) is 0 Å². The van der Waals surface area contributed by atoms with Crippen LogP contribution in [-0.4, -0.2) is 22.6 Å². The predicted octanol–water partition coefficient (Wildman–Crippen LogP) is 5.31. The number of allylic oxidation sites excluding steroid dienone is 1. The normalized spacial score (nSPS) is 14.0. The van der Waals surface area contributed by atoms with Gasteiger partial charge < -0.3 is 15.4 Å². The molecule has 1 aliphatic carbocycles. The topological polar surface area (TPSA) is 59.1 Å². The van der Waals surface area contributed by atoms with Gasteiger partial charge in [-0.2, -0.15) is 4.98 Å². The lowest BCUT2D eigenvalue weighted by Crippen LogP contribution is -2.09. The Morgan fingerprint density at radius 3 is 2.85 bits per heavy atom. The molecule has 0 saturated carbocycles. The first-order valence-corrected chi connectivity index (χ1v) is 9.48. The third-order valence-corrected chi connectivity index (χ3v) is 4.29. The number of nitrogens with one attached hydrogen (secondary N) is 2. The molecule has 0 amide bonds. The van der Waals surface area contributed by atoms with Crippen molar-refractivity contribution in [3.8, 4) is 5.75 Å². The van der Waals surface area contributed by atoms with Crippen molar-refractivity contribution >= 4 is 17.5 Å². The highest BCUT2D eigenvalue weighted by Gasteiger charge is 2.08. The van der Waals surface area contributed by atoms with Gasteiger partial charge in [-0.05, 0) is 64.2 Å². The van der Waals surface area contributed by atoms with E-state index in [1.807, 2.05) is 44.2 Å². The monoisotopic (exact) mass is 352 g/mol. The summed E-state index contributed by atoms with van der Waals surface area (Å²) < 4.78 is 5.84. The molecule has 0 unspecified atom stereocenters. The van der Waals surface area contributed by atoms with E-state index in [1.54, 1.807) is 11.8 Å². The maximum absolute atomic E-state index is 5.84. The first-order valence-electron chi connectivity index (χ1n) is 9.48. The summed E-state index contributed by atoms with van der Waals surface area (Å²) in [5, 5.41) is 6.66. The third-order valence-electron chi connectivity index (χ3n) is 4.29. The highest BCUT2D eigenvalue weighted by Crippen LogP contribution is 2.27. The van der Waals surface area contributed by atoms with Gasteiger partial charge >= 0.3 is 0 Å². The minimum atomic E-state index is 0.112. The molecule has 1 heterocycles. The number of benzene rings is 1. The number of hydrogen-bond donors (Lipinski definition) is 2. The lowest BCUT2D eigenvalue weighted by atomic mass is 9.97. The predicted molar refractivity (Wildman–Crippen MR) is 107 cm³/mol. The van der Waals surface area contributed by atoms with Crippen LogP contribution in [0.4, 0.5) is 17.5 Å². The largest absolute Gasteiger partial charge is 0.489 e. The Balaban J connectivity index is 1.60. The number of nitrogens with zero attached hydrogens (tertiary/aromatic N) is 2. The van der Waals surface area contributed by atoms with Gasteiger partial charge in [-0.3, -0.25) is 0 Å². The smallest absolute Gasteiger partial charge is 0.229 e. The molecule has 0 radical (unpaired) electrons. The van der Waals surface area contributed by atoms with Crippen LogP contribution < -0.4 is 15.4 Å². The zero-order valence-corrected chi connectivity index (χ0v) is 15.7. The average molecular weight is 352 g/mol. The third kappa shape index (κ3) is 5.48. The summed E-state index contributed by atoms with van der Waals surface area (Å²) in [6.07, 6.45) is 10.5. The molecule has 2 aromatic rings. The van der Waals surface area contributed by atoms with Gasteiger partial charge in [0.15, 0.2) is 0 Å². The van der Waals surface area contributed by atoms with E-state index < -0.39 is 0 Å². The number of rotatable bonds is 8. The first-order chi connectivity index (χ1) is 12.7. The van der Waals surface area contributed by atoms with E-state index >= 15 is 0 Å². The Labute approximate surface area is 155 Å². The Kier molecular flexibility index (Phi) is 6.47. The molecule has 26 heavy (non-hydrogen) atoms. The molecular formula is C21H28N4O. The van der Waals surface area contributed by atoms with Gasteiger partial charge in [-0.25, -0.2) is 4.98 Å². The quantitative estimate of drug-likeness (QED) is 0.631. The van der Waals surface area contributed by atoms with Gasteiger partial charge in [0.1, 0.15) is 11.6 Å². The minimum Gasteiger partial charge on any atom is -0.489 e. The van der Waals surface area contributed by atoms with Gasteiger partial charge in [0.2, 0.25) is 5.95 Å². The molecule has 0 saturated heterocycles. The molecule has 0 spiro atoms. The highest BCUT2D eigenvalue weighted by atomic mass is 16.5. The van der Waals surface area contributed by atoms with E-state index in [0.717, 1.165) is 30.2 Å². The Morgan fingerprint density at radius 1 is 1.15 bits per heavy atom. The highest BCUT2D eigenvalue weighted by molar-refractivity contribution is 5.63. The van der Waals surface area contributed by atoms with Crippen LogP contribution >= 0.6 is 0 Å². The van der Waals surface area contributed by atoms with Crippen LogP contribution in [0.15, 0.2) is 48.2 Å². The maximum Gasteiger partial charge on any atom is 0.229 e. The SMILES string of the molecule is CC(C)Oc1ccccc1Nc1nccc(NCCC2=CCCCC2)n1. The summed E-state index contributed by atoms with van der Waals surface area (Å²) in [7, 11) is 0. The van der Waals surface area contributed by atoms with Crippen LogP contribution in [0.3, 0.4) is 0 Å². The molecule has 0 bridgehead atoms. The van der Waals surface area contributed by atoms with Crippen molar-refractivity contribution in [3.05, 3.63) is 48.2 Å². The number of hydrogen-bond acceptors (Lipinski definition) is 5. The second-order valence-electron chi connectivity index (χ2n) is 6.84. The number of aromatic nitrogens is 2. The van der Waals surface area contributed by atoms with Crippen molar-refractivity contribution in [1.29, 1.82) is 0 Å². The van der Waals surface area contributed by atoms with E-state index in [4.69, 9.17) is 4.74 Å². The van der Waals surface area contributed by atoms with Crippen molar-refractivity contribution < 1.29 is 4.74 Å². The standard InChI is InChI=1S/C21H28N4O/c1-16(2)26-19-11-7-6-10-18(19)24-21-23-15-13-20(25-21)22-14-12-17-8-4-3-5-9-17/h6-8,10-11,13,15-16H,3-5,9,12,14H2,1-2H3,(H2,22,23,24,25). The molecule has 5 nitrogen and oxygen atoms in total. The number of ether oxygens (including phenoxy) is 1. The molecule has 3 rings (SSSR count). The van der Waals surface area contributed by atoms with Gasteiger partial charge in [-0.15, -0.1) is 0 Å². The van der Waals surface area contributed by atoms with Gasteiger partial charge in [0.05, 0.1) is 11.8 Å². The summed E-state index contributed by atoms with van der Waals surface area (Å²) in [4.78, 5) is 8.89. The van der Waals surface area contributed by atoms with Crippen molar-refractivity contribution in [2.45, 2.75) is 52.1 Å². The van der Waals surface area contributed by atoms with Gasteiger partial charge in [-0.1, -0.05) is 23.8 Å². The average Bonchev–Trinajstić information content (AvgIpc) is 2.64. The second-order valence-corrected chi connectivity index (χ2v) is 6.84. The van der Waals surface area contributed by atoms with Crippen LogP contribution in [-0.2, 0) is 0 Å². The molecule has 2 N–H and O–H groups in total. The summed E-state index contributed by atoms with van der Waals surface area (Å²) in [5.74, 6) is 2.20.